The number of piperazine rings is 1. The van der Waals surface area contributed by atoms with Gasteiger partial charge in [-0.05, 0) is 123 Å². The number of hydrogen-bond donors (Lipinski definition) is 2. The van der Waals surface area contributed by atoms with Crippen LogP contribution >= 0.6 is 22.6 Å². The van der Waals surface area contributed by atoms with E-state index in [1.807, 2.05) is 18.2 Å². The highest BCUT2D eigenvalue weighted by Gasteiger charge is 2.68. The van der Waals surface area contributed by atoms with Crippen LogP contribution in [0.25, 0.3) is 0 Å². The number of ether oxygens (including phenoxy) is 2. The van der Waals surface area contributed by atoms with Gasteiger partial charge in [0, 0.05) is 23.2 Å². The first-order valence-electron chi connectivity index (χ1n) is 18.6. The Morgan fingerprint density at radius 2 is 1.72 bits per heavy atom. The van der Waals surface area contributed by atoms with Crippen molar-refractivity contribution in [2.75, 3.05) is 26.7 Å². The fourth-order valence-electron chi connectivity index (χ4n) is 8.60. The van der Waals surface area contributed by atoms with Crippen molar-refractivity contribution in [3.8, 4) is 5.75 Å². The van der Waals surface area contributed by atoms with Gasteiger partial charge in [-0.2, -0.15) is 0 Å². The van der Waals surface area contributed by atoms with Crippen molar-refractivity contribution in [3.05, 3.63) is 62.7 Å². The molecule has 2 saturated heterocycles. The molecule has 54 heavy (non-hydrogen) atoms. The maximum Gasteiger partial charge on any atom is 0.482 e. The van der Waals surface area contributed by atoms with Gasteiger partial charge in [-0.25, -0.2) is 9.59 Å². The third kappa shape index (κ3) is 7.59. The van der Waals surface area contributed by atoms with E-state index in [1.165, 1.54) is 12.0 Å². The third-order valence-corrected chi connectivity index (χ3v) is 12.4. The number of urea groups is 1. The molecule has 7 rings (SSSR count). The fourth-order valence-corrected chi connectivity index (χ4v) is 8.96. The molecule has 2 heterocycles. The van der Waals surface area contributed by atoms with E-state index in [9.17, 15) is 24.0 Å². The van der Waals surface area contributed by atoms with Crippen LogP contribution in [0.3, 0.4) is 0 Å². The summed E-state index contributed by atoms with van der Waals surface area (Å²) in [5.74, 6) is -2.63. The highest BCUT2D eigenvalue weighted by atomic mass is 127. The average Bonchev–Trinajstić information content (AvgIpc) is 3.48. The van der Waals surface area contributed by atoms with E-state index in [0.717, 1.165) is 21.3 Å². The minimum absolute atomic E-state index is 0.0100. The number of para-hydroxylation sites is 1. The Balaban J connectivity index is 1.33. The lowest BCUT2D eigenvalue weighted by atomic mass is 9.43. The minimum atomic E-state index is -1.26. The molecule has 2 unspecified atom stereocenters. The maximum absolute atomic E-state index is 14.6. The van der Waals surface area contributed by atoms with Gasteiger partial charge in [0.05, 0.1) is 24.8 Å². The second-order valence-corrected chi connectivity index (χ2v) is 17.7. The van der Waals surface area contributed by atoms with Crippen LogP contribution in [0.1, 0.15) is 88.8 Å². The number of halogens is 1. The predicted molar refractivity (Wildman–Crippen MR) is 208 cm³/mol. The molecule has 3 aliphatic carbocycles. The van der Waals surface area contributed by atoms with Crippen molar-refractivity contribution in [3.63, 3.8) is 0 Å². The molecule has 2 aliphatic heterocycles. The molecule has 2 bridgehead atoms. The van der Waals surface area contributed by atoms with E-state index in [4.69, 9.17) is 18.8 Å². The predicted octanol–water partition coefficient (Wildman–Crippen LogP) is 4.69. The summed E-state index contributed by atoms with van der Waals surface area (Å²) < 4.78 is 25.9. The van der Waals surface area contributed by atoms with Crippen molar-refractivity contribution in [2.45, 2.75) is 97.0 Å². The molecule has 290 valence electrons. The van der Waals surface area contributed by atoms with Crippen LogP contribution in [0.15, 0.2) is 42.5 Å². The number of methoxy groups -OCH3 is 1. The van der Waals surface area contributed by atoms with Gasteiger partial charge in [0.1, 0.15) is 23.0 Å². The van der Waals surface area contributed by atoms with Crippen LogP contribution in [-0.2, 0) is 34.9 Å². The summed E-state index contributed by atoms with van der Waals surface area (Å²) in [6.45, 7) is 14.3. The molecule has 0 spiro atoms. The monoisotopic (exact) mass is 856 g/mol. The molecular weight excluding hydrogens is 806 g/mol. The fraction of sp³-hybridized carbons (Fsp3) is 0.564. The molecule has 5 amide bonds. The zero-order chi connectivity index (χ0) is 39.3. The van der Waals surface area contributed by atoms with Crippen LogP contribution in [0, 0.1) is 20.8 Å². The van der Waals surface area contributed by atoms with Gasteiger partial charge < -0.3 is 34.3 Å². The smallest absolute Gasteiger partial charge is 0.482 e. The molecule has 15 heteroatoms. The Bertz CT molecular complexity index is 1820. The number of rotatable bonds is 10. The van der Waals surface area contributed by atoms with Gasteiger partial charge in [0.2, 0.25) is 5.91 Å². The van der Waals surface area contributed by atoms with Gasteiger partial charge >= 0.3 is 30.9 Å². The summed E-state index contributed by atoms with van der Waals surface area (Å²) in [7, 11) is 0.589. The third-order valence-electron chi connectivity index (χ3n) is 11.7. The Morgan fingerprint density at radius 3 is 2.35 bits per heavy atom. The number of amides is 5. The van der Waals surface area contributed by atoms with Crippen LogP contribution < -0.4 is 15.4 Å². The lowest BCUT2D eigenvalue weighted by molar-refractivity contribution is -0.199. The van der Waals surface area contributed by atoms with E-state index in [2.05, 4.69) is 54.0 Å². The molecular formula is C39H50BIN4O9. The zero-order valence-electron chi connectivity index (χ0n) is 32.2. The SMILES string of the molecule is CCN1CCN(C(=O)NC(C(=O)NC(Cc2cccc(C(=O)OC(C)(C)C)c2OC)B2O[C@@H]3C[C@@H]4C[C@@H](C4(C)C)[C@]3(C)O2)c2ccc(I)cc2)C(=O)C1=O. The quantitative estimate of drug-likeness (QED) is 0.150. The Kier molecular flexibility index (Phi) is 11.2. The summed E-state index contributed by atoms with van der Waals surface area (Å²) in [4.78, 5) is 69.4. The highest BCUT2D eigenvalue weighted by molar-refractivity contribution is 14.1. The average molecular weight is 857 g/mol. The summed E-state index contributed by atoms with van der Waals surface area (Å²) in [6.07, 6.45) is 1.81. The largest absolute Gasteiger partial charge is 0.496 e. The van der Waals surface area contributed by atoms with Crippen LogP contribution in [-0.4, -0.2) is 96.6 Å². The second kappa shape index (κ2) is 15.1. The number of imide groups is 1. The van der Waals surface area contributed by atoms with Crippen molar-refractivity contribution in [1.29, 1.82) is 0 Å². The number of nitrogens with one attached hydrogen (secondary N) is 2. The summed E-state index contributed by atoms with van der Waals surface area (Å²) >= 11 is 2.15. The minimum Gasteiger partial charge on any atom is -0.496 e. The van der Waals surface area contributed by atoms with Gasteiger partial charge in [0.25, 0.3) is 0 Å². The highest BCUT2D eigenvalue weighted by Crippen LogP contribution is 2.65. The topological polar surface area (TPSA) is 153 Å². The van der Waals surface area contributed by atoms with Crippen LogP contribution in [0.5, 0.6) is 5.75 Å². The summed E-state index contributed by atoms with van der Waals surface area (Å²) in [5.41, 5.74) is 0.0533. The Labute approximate surface area is 330 Å². The van der Waals surface area contributed by atoms with E-state index in [1.54, 1.807) is 52.0 Å². The van der Waals surface area contributed by atoms with Crippen molar-refractivity contribution < 1.29 is 42.8 Å². The normalized spacial score (nSPS) is 25.6. The molecule has 3 saturated carbocycles. The maximum atomic E-state index is 14.6. The zero-order valence-corrected chi connectivity index (χ0v) is 34.4. The summed E-state index contributed by atoms with van der Waals surface area (Å²) in [5, 5.41) is 5.85. The Morgan fingerprint density at radius 1 is 1.02 bits per heavy atom. The van der Waals surface area contributed by atoms with Gasteiger partial charge in [0.15, 0.2) is 0 Å². The van der Waals surface area contributed by atoms with Gasteiger partial charge in [-0.1, -0.05) is 38.1 Å². The molecule has 2 N–H and O–H groups in total. The number of carbonyl (C=O) groups excluding carboxylic acids is 5. The van der Waals surface area contributed by atoms with E-state index in [0.29, 0.717) is 29.3 Å². The standard InChI is InChI=1S/C39H50BIN4O9/c1-9-44-17-18-45(34(48)33(44)47)36(50)43-30(22-13-15-25(41)16-14-22)32(46)42-29(40-53-28-21-24-20-27(38(24,5)6)39(28,7)54-40)19-23-11-10-12-26(31(23)51-8)35(49)52-37(2,3)4/h10-16,24,27-30H,9,17-21H2,1-8H3,(H,42,46)(H,43,50)/t24-,27-,28+,29?,30?,39-/m0/s1. The van der Waals surface area contributed by atoms with E-state index in [-0.39, 0.29) is 42.5 Å². The number of hydrogen-bond acceptors (Lipinski definition) is 9. The number of esters is 1. The van der Waals surface area contributed by atoms with Crippen LogP contribution in [0.2, 0.25) is 0 Å². The first kappa shape index (κ1) is 40.0. The summed E-state index contributed by atoms with van der Waals surface area (Å²) in [6, 6.07) is 10.1. The van der Waals surface area contributed by atoms with Crippen molar-refractivity contribution in [2.24, 2.45) is 17.3 Å². The molecule has 6 atom stereocenters. The second-order valence-electron chi connectivity index (χ2n) is 16.4. The molecule has 5 fully saturated rings. The van der Waals surface area contributed by atoms with Crippen molar-refractivity contribution >= 4 is 59.4 Å². The Hall–Kier alpha value is -3.70. The van der Waals surface area contributed by atoms with E-state index >= 15 is 0 Å². The number of nitrogens with zero attached hydrogens (tertiary/aromatic N) is 2. The molecule has 0 radical (unpaired) electrons. The first-order valence-corrected chi connectivity index (χ1v) is 19.6. The van der Waals surface area contributed by atoms with Gasteiger partial charge in [-0.3, -0.25) is 19.3 Å². The van der Waals surface area contributed by atoms with Gasteiger partial charge in [-0.15, -0.1) is 0 Å². The number of benzene rings is 2. The van der Waals surface area contributed by atoms with Crippen molar-refractivity contribution in [1.82, 2.24) is 20.4 Å². The molecule has 5 aliphatic rings. The number of likely N-dealkylation sites (N-methyl/N-ethyl adjacent to an activating group) is 1. The number of carbonyl (C=O) groups is 5. The van der Waals surface area contributed by atoms with Crippen LogP contribution in [0.4, 0.5) is 4.79 Å². The lowest BCUT2D eigenvalue weighted by Crippen LogP contribution is -2.65. The molecule has 2 aromatic carbocycles. The molecule has 0 aromatic heterocycles. The first-order chi connectivity index (χ1) is 25.4. The lowest BCUT2D eigenvalue weighted by Gasteiger charge is -2.64. The van der Waals surface area contributed by atoms with E-state index < -0.39 is 60.0 Å². The molecule has 13 nitrogen and oxygen atoms in total. The molecule has 2 aromatic rings.